The first-order valence-electron chi connectivity index (χ1n) is 8.68. The second kappa shape index (κ2) is 8.22. The van der Waals surface area contributed by atoms with Crippen LogP contribution in [-0.2, 0) is 13.6 Å². The van der Waals surface area contributed by atoms with Gasteiger partial charge in [0.2, 0.25) is 0 Å². The van der Waals surface area contributed by atoms with Crippen molar-refractivity contribution in [1.29, 1.82) is 0 Å². The van der Waals surface area contributed by atoms with Crippen molar-refractivity contribution in [3.63, 3.8) is 0 Å². The lowest BCUT2D eigenvalue weighted by Gasteiger charge is -2.10. The van der Waals surface area contributed by atoms with E-state index in [2.05, 4.69) is 10.4 Å². The van der Waals surface area contributed by atoms with E-state index in [9.17, 15) is 9.59 Å². The van der Waals surface area contributed by atoms with Crippen LogP contribution in [0.3, 0.4) is 0 Å². The summed E-state index contributed by atoms with van der Waals surface area (Å²) >= 11 is 1.53. The summed E-state index contributed by atoms with van der Waals surface area (Å²) in [5.74, 6) is 1.15. The van der Waals surface area contributed by atoms with Crippen LogP contribution >= 0.6 is 11.3 Å². The molecule has 2 heterocycles. The highest BCUT2D eigenvalue weighted by Crippen LogP contribution is 2.20. The molecule has 1 N–H and O–H groups in total. The fraction of sp³-hybridized carbons (Fsp3) is 0.316. The topological polar surface area (TPSA) is 78.2 Å². The number of nitrogens with one attached hydrogen (secondary N) is 1. The molecule has 0 aliphatic heterocycles. The molecule has 0 fully saturated rings. The summed E-state index contributed by atoms with van der Waals surface area (Å²) in [6, 6.07) is 10.8. The maximum absolute atomic E-state index is 12.3. The highest BCUT2D eigenvalue weighted by molar-refractivity contribution is 7.13. The zero-order valence-electron chi connectivity index (χ0n) is 15.5. The second-order valence-corrected chi connectivity index (χ2v) is 7.26. The molecule has 3 rings (SSSR count). The smallest absolute Gasteiger partial charge is 0.346 e. The fourth-order valence-electron chi connectivity index (χ4n) is 2.59. The molecule has 0 saturated carbocycles. The minimum atomic E-state index is -0.206. The molecule has 0 spiro atoms. The number of hydrogen-bond donors (Lipinski definition) is 1. The van der Waals surface area contributed by atoms with E-state index >= 15 is 0 Å². The third kappa shape index (κ3) is 4.46. The predicted molar refractivity (Wildman–Crippen MR) is 105 cm³/mol. The first-order chi connectivity index (χ1) is 13.0. The molecular weight excluding hydrogens is 364 g/mol. The van der Waals surface area contributed by atoms with E-state index < -0.39 is 0 Å². The molecule has 8 heteroatoms. The van der Waals surface area contributed by atoms with Crippen LogP contribution in [0.15, 0.2) is 46.6 Å². The molecule has 0 aliphatic carbocycles. The summed E-state index contributed by atoms with van der Waals surface area (Å²) in [5, 5.41) is 9.12. The van der Waals surface area contributed by atoms with Crippen molar-refractivity contribution in [3.8, 4) is 16.5 Å². The average Bonchev–Trinajstić information content (AvgIpc) is 3.26. The molecule has 2 aromatic heterocycles. The van der Waals surface area contributed by atoms with Crippen molar-refractivity contribution in [2.24, 2.45) is 7.05 Å². The van der Waals surface area contributed by atoms with Crippen molar-refractivity contribution in [1.82, 2.24) is 19.7 Å². The van der Waals surface area contributed by atoms with Gasteiger partial charge in [-0.15, -0.1) is 16.4 Å². The van der Waals surface area contributed by atoms with E-state index in [1.807, 2.05) is 31.4 Å². The molecule has 0 aliphatic rings. The molecule has 0 unspecified atom stereocenters. The van der Waals surface area contributed by atoms with E-state index in [4.69, 9.17) is 4.74 Å². The lowest BCUT2D eigenvalue weighted by atomic mass is 10.2. The summed E-state index contributed by atoms with van der Waals surface area (Å²) < 4.78 is 8.45. The predicted octanol–water partition coefficient (Wildman–Crippen LogP) is 2.53. The van der Waals surface area contributed by atoms with E-state index in [0.29, 0.717) is 24.5 Å². The third-order valence-corrected chi connectivity index (χ3v) is 4.75. The SMILES string of the molecule is CC(C)Oc1ccc(C(=O)NCCn2nc(-c3cccs3)n(C)c2=O)cc1. The Labute approximate surface area is 161 Å². The quantitative estimate of drug-likeness (QED) is 0.677. The van der Waals surface area contributed by atoms with Crippen LogP contribution in [0.2, 0.25) is 0 Å². The Hall–Kier alpha value is -2.87. The van der Waals surface area contributed by atoms with E-state index in [0.717, 1.165) is 10.6 Å². The molecule has 27 heavy (non-hydrogen) atoms. The van der Waals surface area contributed by atoms with E-state index in [1.54, 1.807) is 31.3 Å². The highest BCUT2D eigenvalue weighted by atomic mass is 32.1. The molecule has 0 saturated heterocycles. The Morgan fingerprint density at radius 1 is 1.26 bits per heavy atom. The molecule has 0 atom stereocenters. The summed E-state index contributed by atoms with van der Waals surface area (Å²) in [5.41, 5.74) is 0.335. The number of benzene rings is 1. The van der Waals surface area contributed by atoms with Crippen molar-refractivity contribution in [2.75, 3.05) is 6.54 Å². The molecule has 1 amide bonds. The van der Waals surface area contributed by atoms with Gasteiger partial charge in [0, 0.05) is 19.2 Å². The number of carbonyl (C=O) groups is 1. The zero-order valence-corrected chi connectivity index (χ0v) is 16.3. The Balaban J connectivity index is 1.59. The number of rotatable bonds is 7. The molecule has 7 nitrogen and oxygen atoms in total. The standard InChI is InChI=1S/C19H22N4O3S/c1-13(2)26-15-8-6-14(7-9-15)18(24)20-10-11-23-19(25)22(3)17(21-23)16-5-4-12-27-16/h4-9,12-13H,10-11H2,1-3H3,(H,20,24). The van der Waals surface area contributed by atoms with Crippen LogP contribution in [0.5, 0.6) is 5.75 Å². The number of thiophene rings is 1. The number of aromatic nitrogens is 3. The van der Waals surface area contributed by atoms with Crippen molar-refractivity contribution in [3.05, 3.63) is 57.8 Å². The normalized spacial score (nSPS) is 11.0. The number of hydrogen-bond acceptors (Lipinski definition) is 5. The van der Waals surface area contributed by atoms with Crippen LogP contribution < -0.4 is 15.7 Å². The Morgan fingerprint density at radius 2 is 2.00 bits per heavy atom. The summed E-state index contributed by atoms with van der Waals surface area (Å²) in [7, 11) is 1.69. The van der Waals surface area contributed by atoms with Gasteiger partial charge >= 0.3 is 5.69 Å². The summed E-state index contributed by atoms with van der Waals surface area (Å²) in [6.45, 7) is 4.51. The maximum Gasteiger partial charge on any atom is 0.346 e. The fourth-order valence-corrected chi connectivity index (χ4v) is 3.33. The third-order valence-electron chi connectivity index (χ3n) is 3.88. The lowest BCUT2D eigenvalue weighted by Crippen LogP contribution is -2.31. The molecular formula is C19H22N4O3S. The average molecular weight is 386 g/mol. The van der Waals surface area contributed by atoms with Gasteiger partial charge < -0.3 is 10.1 Å². The molecule has 1 aromatic carbocycles. The number of nitrogens with zero attached hydrogens (tertiary/aromatic N) is 3. The Kier molecular flexibility index (Phi) is 5.75. The monoisotopic (exact) mass is 386 g/mol. The summed E-state index contributed by atoms with van der Waals surface area (Å²) in [4.78, 5) is 25.5. The van der Waals surface area contributed by atoms with Crippen LogP contribution in [0.1, 0.15) is 24.2 Å². The first kappa shape index (κ1) is 18.9. The minimum absolute atomic E-state index is 0.0837. The lowest BCUT2D eigenvalue weighted by molar-refractivity contribution is 0.0951. The van der Waals surface area contributed by atoms with Gasteiger partial charge in [0.15, 0.2) is 5.82 Å². The van der Waals surface area contributed by atoms with Gasteiger partial charge in [-0.05, 0) is 49.6 Å². The molecule has 0 radical (unpaired) electrons. The molecule has 0 bridgehead atoms. The van der Waals surface area contributed by atoms with Gasteiger partial charge in [-0.1, -0.05) is 6.07 Å². The number of carbonyl (C=O) groups excluding carboxylic acids is 1. The van der Waals surface area contributed by atoms with Gasteiger partial charge in [-0.2, -0.15) is 0 Å². The van der Waals surface area contributed by atoms with Crippen molar-refractivity contribution >= 4 is 17.2 Å². The van der Waals surface area contributed by atoms with Crippen LogP contribution in [-0.4, -0.2) is 32.9 Å². The Bertz CT molecular complexity index is 956. The largest absolute Gasteiger partial charge is 0.491 e. The second-order valence-electron chi connectivity index (χ2n) is 6.31. The van der Waals surface area contributed by atoms with Crippen LogP contribution in [0.4, 0.5) is 0 Å². The minimum Gasteiger partial charge on any atom is -0.491 e. The zero-order chi connectivity index (χ0) is 19.4. The van der Waals surface area contributed by atoms with Crippen molar-refractivity contribution < 1.29 is 9.53 Å². The van der Waals surface area contributed by atoms with Crippen LogP contribution in [0.25, 0.3) is 10.7 Å². The van der Waals surface area contributed by atoms with Gasteiger partial charge in [-0.25, -0.2) is 9.48 Å². The van der Waals surface area contributed by atoms with Gasteiger partial charge in [-0.3, -0.25) is 9.36 Å². The first-order valence-corrected chi connectivity index (χ1v) is 9.56. The molecule has 142 valence electrons. The van der Waals surface area contributed by atoms with E-state index in [-0.39, 0.29) is 17.7 Å². The molecule has 3 aromatic rings. The number of amides is 1. The maximum atomic E-state index is 12.3. The highest BCUT2D eigenvalue weighted by Gasteiger charge is 2.13. The van der Waals surface area contributed by atoms with Gasteiger partial charge in [0.1, 0.15) is 5.75 Å². The number of ether oxygens (including phenoxy) is 1. The summed E-state index contributed by atoms with van der Waals surface area (Å²) in [6.07, 6.45) is 0.0837. The van der Waals surface area contributed by atoms with Gasteiger partial charge in [0.25, 0.3) is 5.91 Å². The van der Waals surface area contributed by atoms with Crippen LogP contribution in [0, 0.1) is 0 Å². The van der Waals surface area contributed by atoms with Crippen molar-refractivity contribution in [2.45, 2.75) is 26.5 Å². The Morgan fingerprint density at radius 3 is 2.63 bits per heavy atom. The van der Waals surface area contributed by atoms with E-state index in [1.165, 1.54) is 20.6 Å². The van der Waals surface area contributed by atoms with Gasteiger partial charge in [0.05, 0.1) is 17.5 Å².